The zero-order valence-corrected chi connectivity index (χ0v) is 13.1. The molecule has 0 amide bonds. The molecule has 2 heterocycles. The second-order valence-corrected chi connectivity index (χ2v) is 7.52. The van der Waals surface area contributed by atoms with E-state index in [-0.39, 0.29) is 11.6 Å². The van der Waals surface area contributed by atoms with Crippen LogP contribution in [-0.4, -0.2) is 48.1 Å². The van der Waals surface area contributed by atoms with Crippen LogP contribution in [0.15, 0.2) is 29.1 Å². The maximum Gasteiger partial charge on any atom is 0.260 e. The highest BCUT2D eigenvalue weighted by Gasteiger charge is 2.26. The van der Waals surface area contributed by atoms with Gasteiger partial charge in [-0.05, 0) is 25.0 Å². The Morgan fingerprint density at radius 1 is 1.36 bits per heavy atom. The maximum atomic E-state index is 12.0. The number of sulfonamides is 1. The normalized spacial score (nSPS) is 20.1. The van der Waals surface area contributed by atoms with Crippen molar-refractivity contribution in [3.63, 3.8) is 0 Å². The number of aromatic nitrogens is 2. The Hall–Kier alpha value is -1.93. The van der Waals surface area contributed by atoms with Gasteiger partial charge >= 0.3 is 0 Å². The van der Waals surface area contributed by atoms with Crippen LogP contribution in [0.1, 0.15) is 12.8 Å². The second-order valence-electron chi connectivity index (χ2n) is 5.54. The summed E-state index contributed by atoms with van der Waals surface area (Å²) < 4.78 is 24.7. The zero-order valence-electron chi connectivity index (χ0n) is 12.2. The Balaban J connectivity index is 1.82. The summed E-state index contributed by atoms with van der Waals surface area (Å²) >= 11 is 0. The smallest absolute Gasteiger partial charge is 0.260 e. The summed E-state index contributed by atoms with van der Waals surface area (Å²) in [6, 6.07) is 7.05. The van der Waals surface area contributed by atoms with Crippen LogP contribution in [0.4, 0.5) is 5.95 Å². The van der Waals surface area contributed by atoms with Crippen LogP contribution in [0.3, 0.4) is 0 Å². The average Bonchev–Trinajstić information content (AvgIpc) is 2.47. The van der Waals surface area contributed by atoms with Crippen molar-refractivity contribution in [1.29, 1.82) is 0 Å². The largest absolute Gasteiger partial charge is 0.352 e. The highest BCUT2D eigenvalue weighted by Crippen LogP contribution is 2.16. The van der Waals surface area contributed by atoms with E-state index >= 15 is 0 Å². The number of anilines is 1. The number of nitrogens with zero attached hydrogens (tertiary/aromatic N) is 2. The standard InChI is InChI=1S/C14H18N4O3S/c1-22(20,21)18-8-4-5-10(9-18)15-14-16-12-7-3-2-6-11(12)13(19)17-14/h2-3,6-7,10H,4-5,8-9H2,1H3,(H2,15,16,17,19). The Bertz CT molecular complexity index is 847. The molecule has 0 aliphatic carbocycles. The molecule has 0 bridgehead atoms. The topological polar surface area (TPSA) is 95.2 Å². The van der Waals surface area contributed by atoms with Gasteiger partial charge in [-0.25, -0.2) is 17.7 Å². The Kier molecular flexibility index (Phi) is 3.88. The van der Waals surface area contributed by atoms with Gasteiger partial charge in [-0.1, -0.05) is 12.1 Å². The lowest BCUT2D eigenvalue weighted by Gasteiger charge is -2.31. The van der Waals surface area contributed by atoms with Gasteiger partial charge in [0.05, 0.1) is 17.2 Å². The van der Waals surface area contributed by atoms with Crippen molar-refractivity contribution < 1.29 is 8.42 Å². The quantitative estimate of drug-likeness (QED) is 0.870. The van der Waals surface area contributed by atoms with Crippen molar-refractivity contribution in [2.24, 2.45) is 0 Å². The van der Waals surface area contributed by atoms with Crippen molar-refractivity contribution in [3.05, 3.63) is 34.6 Å². The lowest BCUT2D eigenvalue weighted by atomic mass is 10.1. The molecule has 3 rings (SSSR count). The third-order valence-electron chi connectivity index (χ3n) is 3.81. The minimum atomic E-state index is -3.19. The highest BCUT2D eigenvalue weighted by molar-refractivity contribution is 7.88. The van der Waals surface area contributed by atoms with E-state index < -0.39 is 10.0 Å². The molecule has 8 heteroatoms. The fraction of sp³-hybridized carbons (Fsp3) is 0.429. The Labute approximate surface area is 128 Å². The predicted octanol–water partition coefficient (Wildman–Crippen LogP) is 0.759. The molecule has 1 aromatic carbocycles. The number of aromatic amines is 1. The fourth-order valence-corrected chi connectivity index (χ4v) is 3.62. The number of nitrogens with one attached hydrogen (secondary N) is 2. The molecule has 1 aromatic heterocycles. The number of hydrogen-bond donors (Lipinski definition) is 2. The molecule has 1 atom stereocenters. The molecule has 0 radical (unpaired) electrons. The molecule has 22 heavy (non-hydrogen) atoms. The predicted molar refractivity (Wildman–Crippen MR) is 85.4 cm³/mol. The molecule has 1 aliphatic heterocycles. The first-order valence-corrected chi connectivity index (χ1v) is 8.99. The van der Waals surface area contributed by atoms with Gasteiger partial charge in [-0.15, -0.1) is 0 Å². The first kappa shape index (κ1) is 15.0. The van der Waals surface area contributed by atoms with Crippen molar-refractivity contribution in [1.82, 2.24) is 14.3 Å². The van der Waals surface area contributed by atoms with Crippen molar-refractivity contribution >= 4 is 26.9 Å². The monoisotopic (exact) mass is 322 g/mol. The van der Waals surface area contributed by atoms with E-state index in [2.05, 4.69) is 15.3 Å². The molecule has 1 saturated heterocycles. The number of piperidine rings is 1. The van der Waals surface area contributed by atoms with E-state index in [0.29, 0.717) is 29.9 Å². The van der Waals surface area contributed by atoms with Gasteiger partial charge in [-0.2, -0.15) is 0 Å². The summed E-state index contributed by atoms with van der Waals surface area (Å²) in [6.45, 7) is 0.925. The number of fused-ring (bicyclic) bond motifs is 1. The molecule has 1 aliphatic rings. The molecule has 7 nitrogen and oxygen atoms in total. The van der Waals surface area contributed by atoms with E-state index in [0.717, 1.165) is 12.8 Å². The van der Waals surface area contributed by atoms with Gasteiger partial charge < -0.3 is 5.32 Å². The summed E-state index contributed by atoms with van der Waals surface area (Å²) in [5, 5.41) is 3.68. The summed E-state index contributed by atoms with van der Waals surface area (Å²) in [5.41, 5.74) is 0.411. The van der Waals surface area contributed by atoms with Crippen LogP contribution in [-0.2, 0) is 10.0 Å². The third-order valence-corrected chi connectivity index (χ3v) is 5.08. The van der Waals surface area contributed by atoms with Crippen LogP contribution in [0.2, 0.25) is 0 Å². The highest BCUT2D eigenvalue weighted by atomic mass is 32.2. The number of hydrogen-bond acceptors (Lipinski definition) is 5. The summed E-state index contributed by atoms with van der Waals surface area (Å²) in [5.74, 6) is 0.379. The SMILES string of the molecule is CS(=O)(=O)N1CCCC(Nc2nc3ccccc3c(=O)[nH]2)C1. The van der Waals surface area contributed by atoms with Crippen molar-refractivity contribution in [2.75, 3.05) is 24.7 Å². The number of H-pyrrole nitrogens is 1. The third kappa shape index (κ3) is 3.12. The van der Waals surface area contributed by atoms with Crippen molar-refractivity contribution in [2.45, 2.75) is 18.9 Å². The van der Waals surface area contributed by atoms with E-state index in [1.807, 2.05) is 6.07 Å². The minimum Gasteiger partial charge on any atom is -0.352 e. The van der Waals surface area contributed by atoms with Crippen LogP contribution in [0.5, 0.6) is 0 Å². The van der Waals surface area contributed by atoms with Gasteiger partial charge in [0.25, 0.3) is 5.56 Å². The lowest BCUT2D eigenvalue weighted by molar-refractivity contribution is 0.328. The van der Waals surface area contributed by atoms with Gasteiger partial charge in [-0.3, -0.25) is 9.78 Å². The first-order valence-electron chi connectivity index (χ1n) is 7.14. The molecule has 1 unspecified atom stereocenters. The number of benzene rings is 1. The van der Waals surface area contributed by atoms with Crippen LogP contribution >= 0.6 is 0 Å². The molecule has 0 spiro atoms. The van der Waals surface area contributed by atoms with Gasteiger partial charge in [0, 0.05) is 19.1 Å². The molecule has 0 saturated carbocycles. The summed E-state index contributed by atoms with van der Waals surface area (Å²) in [4.78, 5) is 19.1. The van der Waals surface area contributed by atoms with E-state index in [9.17, 15) is 13.2 Å². The summed E-state index contributed by atoms with van der Waals surface area (Å²) in [6.07, 6.45) is 2.83. The maximum absolute atomic E-state index is 12.0. The van der Waals surface area contributed by atoms with Gasteiger partial charge in [0.15, 0.2) is 0 Å². The van der Waals surface area contributed by atoms with Crippen LogP contribution in [0, 0.1) is 0 Å². The van der Waals surface area contributed by atoms with Gasteiger partial charge in [0.1, 0.15) is 0 Å². The number of rotatable bonds is 3. The molecule has 118 valence electrons. The van der Waals surface area contributed by atoms with Crippen LogP contribution < -0.4 is 10.9 Å². The lowest BCUT2D eigenvalue weighted by Crippen LogP contribution is -2.45. The van der Waals surface area contributed by atoms with E-state index in [4.69, 9.17) is 0 Å². The number of para-hydroxylation sites is 1. The molecule has 2 N–H and O–H groups in total. The van der Waals surface area contributed by atoms with E-state index in [1.165, 1.54) is 10.6 Å². The minimum absolute atomic E-state index is 0.0622. The molecular formula is C14H18N4O3S. The Morgan fingerprint density at radius 3 is 2.91 bits per heavy atom. The zero-order chi connectivity index (χ0) is 15.7. The second kappa shape index (κ2) is 5.69. The van der Waals surface area contributed by atoms with Gasteiger partial charge in [0.2, 0.25) is 16.0 Å². The molecular weight excluding hydrogens is 304 g/mol. The molecule has 1 fully saturated rings. The summed E-state index contributed by atoms with van der Waals surface area (Å²) in [7, 11) is -3.19. The van der Waals surface area contributed by atoms with E-state index in [1.54, 1.807) is 18.2 Å². The Morgan fingerprint density at radius 2 is 2.14 bits per heavy atom. The van der Waals surface area contributed by atoms with Crippen LogP contribution in [0.25, 0.3) is 10.9 Å². The fourth-order valence-electron chi connectivity index (χ4n) is 2.71. The first-order chi connectivity index (χ1) is 10.4. The van der Waals surface area contributed by atoms with Crippen molar-refractivity contribution in [3.8, 4) is 0 Å². The average molecular weight is 322 g/mol. The molecule has 2 aromatic rings.